The van der Waals surface area contributed by atoms with Crippen LogP contribution in [0, 0.1) is 19.8 Å². The fourth-order valence-electron chi connectivity index (χ4n) is 8.92. The Balaban J connectivity index is 1.13. The van der Waals surface area contributed by atoms with Crippen LogP contribution in [0.1, 0.15) is 58.2 Å². The van der Waals surface area contributed by atoms with Crippen molar-refractivity contribution in [2.24, 2.45) is 21.6 Å². The molecule has 0 aromatic heterocycles. The van der Waals surface area contributed by atoms with Gasteiger partial charge >= 0.3 is 0 Å². The molecule has 0 aliphatic heterocycles. The van der Waals surface area contributed by atoms with Crippen LogP contribution >= 0.6 is 0 Å². The van der Waals surface area contributed by atoms with Crippen molar-refractivity contribution in [3.8, 4) is 33.4 Å². The maximum absolute atomic E-state index is 6.36. The number of aliphatic imine (C=N–C) groups is 2. The molecule has 3 nitrogen and oxygen atoms in total. The van der Waals surface area contributed by atoms with E-state index < -0.39 is 5.41 Å². The number of hydrogen-bond acceptors (Lipinski definition) is 2. The normalized spacial score (nSPS) is 17.3. The van der Waals surface area contributed by atoms with E-state index in [1.807, 2.05) is 6.21 Å². The van der Waals surface area contributed by atoms with E-state index in [9.17, 15) is 0 Å². The van der Waals surface area contributed by atoms with Gasteiger partial charge in [0.25, 0.3) is 0 Å². The lowest BCUT2D eigenvalue weighted by Crippen LogP contribution is -2.28. The predicted octanol–water partition coefficient (Wildman–Crippen LogP) is 12.6. The van der Waals surface area contributed by atoms with E-state index >= 15 is 0 Å². The predicted molar refractivity (Wildman–Crippen MR) is 245 cm³/mol. The SMILES string of the molecule is Cc1ccc(C2(c3ccc(C)cc3)c3ccccc3-c3ccc(-c4cccc(-c5cccc(C(=N/C(CN)C6=CCCC=C6)/N=C/C6C=CC=CC6)c5)c4)cc32)cc1. The van der Waals surface area contributed by atoms with E-state index in [-0.39, 0.29) is 12.0 Å². The molecule has 0 saturated carbocycles. The molecule has 3 aliphatic rings. The van der Waals surface area contributed by atoms with E-state index in [1.54, 1.807) is 0 Å². The second kappa shape index (κ2) is 16.2. The lowest BCUT2D eigenvalue weighted by Gasteiger charge is -2.34. The summed E-state index contributed by atoms with van der Waals surface area (Å²) in [7, 11) is 0. The second-order valence-corrected chi connectivity index (χ2v) is 15.8. The minimum Gasteiger partial charge on any atom is -0.328 e. The number of nitrogens with zero attached hydrogens (tertiary/aromatic N) is 2. The third kappa shape index (κ3) is 7.08. The zero-order valence-electron chi connectivity index (χ0n) is 33.4. The van der Waals surface area contributed by atoms with Crippen molar-refractivity contribution in [2.45, 2.75) is 44.6 Å². The molecule has 0 amide bonds. The summed E-state index contributed by atoms with van der Waals surface area (Å²) in [5.74, 6) is 0.939. The highest BCUT2D eigenvalue weighted by molar-refractivity contribution is 6.04. The zero-order chi connectivity index (χ0) is 39.5. The second-order valence-electron chi connectivity index (χ2n) is 15.8. The molecule has 6 aromatic carbocycles. The van der Waals surface area contributed by atoms with Gasteiger partial charge in [-0.2, -0.15) is 0 Å². The van der Waals surface area contributed by atoms with Crippen molar-refractivity contribution in [3.63, 3.8) is 0 Å². The van der Waals surface area contributed by atoms with Gasteiger partial charge in [0, 0.05) is 24.2 Å². The molecule has 0 radical (unpaired) electrons. The minimum absolute atomic E-state index is 0.157. The molecule has 284 valence electrons. The van der Waals surface area contributed by atoms with Crippen molar-refractivity contribution < 1.29 is 0 Å². The van der Waals surface area contributed by atoms with Crippen LogP contribution in [0.15, 0.2) is 198 Å². The molecular formula is C55H49N3. The average molecular weight is 752 g/mol. The molecule has 3 heteroatoms. The molecule has 0 heterocycles. The van der Waals surface area contributed by atoms with Crippen LogP contribution in [-0.2, 0) is 5.41 Å². The summed E-state index contributed by atoms with van der Waals surface area (Å²) in [5, 5.41) is 0. The number of hydrogen-bond donors (Lipinski definition) is 1. The van der Waals surface area contributed by atoms with Crippen molar-refractivity contribution >= 4 is 12.1 Å². The Bertz CT molecular complexity index is 2600. The molecule has 0 bridgehead atoms. The Morgan fingerprint density at radius 3 is 2.02 bits per heavy atom. The zero-order valence-corrected chi connectivity index (χ0v) is 33.4. The molecule has 2 N–H and O–H groups in total. The monoisotopic (exact) mass is 751 g/mol. The molecule has 58 heavy (non-hydrogen) atoms. The van der Waals surface area contributed by atoms with E-state index in [0.29, 0.717) is 12.4 Å². The summed E-state index contributed by atoms with van der Waals surface area (Å²) >= 11 is 0. The molecule has 0 fully saturated rings. The minimum atomic E-state index is -0.458. The van der Waals surface area contributed by atoms with Crippen LogP contribution in [-0.4, -0.2) is 24.6 Å². The van der Waals surface area contributed by atoms with E-state index in [0.717, 1.165) is 41.5 Å². The van der Waals surface area contributed by atoms with Gasteiger partial charge in [0.15, 0.2) is 5.84 Å². The number of fused-ring (bicyclic) bond motifs is 3. The quantitative estimate of drug-likeness (QED) is 0.116. The number of benzene rings is 6. The first-order valence-electron chi connectivity index (χ1n) is 20.6. The Kier molecular flexibility index (Phi) is 10.4. The number of nitrogens with two attached hydrogens (primary N) is 1. The number of allylic oxidation sites excluding steroid dienone is 6. The van der Waals surface area contributed by atoms with Crippen LogP contribution < -0.4 is 5.73 Å². The summed E-state index contributed by atoms with van der Waals surface area (Å²) < 4.78 is 0. The van der Waals surface area contributed by atoms with Gasteiger partial charge in [0.1, 0.15) is 0 Å². The smallest absolute Gasteiger partial charge is 0.154 e. The molecule has 0 saturated heterocycles. The molecule has 9 rings (SSSR count). The lowest BCUT2D eigenvalue weighted by molar-refractivity contribution is 0.768. The average Bonchev–Trinajstić information content (AvgIpc) is 3.58. The molecule has 3 aliphatic carbocycles. The van der Waals surface area contributed by atoms with Crippen molar-refractivity contribution in [1.29, 1.82) is 0 Å². The first kappa shape index (κ1) is 37.2. The standard InChI is InChI=1S/C55H49N3/c1-38-23-28-47(29-24-38)55(48-30-25-39(2)26-31-48)51-22-10-9-21-49(51)50-32-27-45(35-52(50)55)43-18-11-17-42(33-43)44-19-12-20-46(34-44)54(57-37-40-13-5-3-6-14-40)58-53(36-56)41-15-7-4-8-16-41/h3,5-7,9-13,15-35,37,40,53H,4,8,14,36,56H2,1-2H3/b57-37+,58-54-. The molecule has 2 unspecified atom stereocenters. The van der Waals surface area contributed by atoms with E-state index in [2.05, 4.69) is 196 Å². The van der Waals surface area contributed by atoms with Gasteiger partial charge in [-0.1, -0.05) is 175 Å². The van der Waals surface area contributed by atoms with Crippen LogP contribution in [0.5, 0.6) is 0 Å². The molecule has 6 aromatic rings. The number of aryl methyl sites for hydroxylation is 2. The van der Waals surface area contributed by atoms with Gasteiger partial charge in [0.2, 0.25) is 0 Å². The van der Waals surface area contributed by atoms with E-state index in [4.69, 9.17) is 15.7 Å². The van der Waals surface area contributed by atoms with Gasteiger partial charge in [-0.15, -0.1) is 0 Å². The van der Waals surface area contributed by atoms with Crippen molar-refractivity contribution in [3.05, 3.63) is 227 Å². The van der Waals surface area contributed by atoms with Crippen molar-refractivity contribution in [2.75, 3.05) is 6.54 Å². The summed E-state index contributed by atoms with van der Waals surface area (Å²) in [6.45, 7) is 4.75. The van der Waals surface area contributed by atoms with Crippen LogP contribution in [0.4, 0.5) is 0 Å². The fraction of sp³-hybridized carbons (Fsp3) is 0.164. The van der Waals surface area contributed by atoms with Crippen LogP contribution in [0.3, 0.4) is 0 Å². The summed E-state index contributed by atoms with van der Waals surface area (Å²) in [4.78, 5) is 10.3. The van der Waals surface area contributed by atoms with Crippen molar-refractivity contribution in [1.82, 2.24) is 0 Å². The van der Waals surface area contributed by atoms with Crippen LogP contribution in [0.2, 0.25) is 0 Å². The highest BCUT2D eigenvalue weighted by Gasteiger charge is 2.46. The van der Waals surface area contributed by atoms with Crippen LogP contribution in [0.25, 0.3) is 33.4 Å². The van der Waals surface area contributed by atoms with Gasteiger partial charge < -0.3 is 5.73 Å². The Morgan fingerprint density at radius 2 is 1.34 bits per heavy atom. The van der Waals surface area contributed by atoms with E-state index in [1.165, 1.54) is 55.6 Å². The molecule has 0 spiro atoms. The van der Waals surface area contributed by atoms with Gasteiger partial charge in [-0.25, -0.2) is 4.99 Å². The Hall–Kier alpha value is -6.42. The maximum atomic E-state index is 6.36. The highest BCUT2D eigenvalue weighted by Crippen LogP contribution is 2.56. The number of rotatable bonds is 9. The largest absolute Gasteiger partial charge is 0.328 e. The Labute approximate surface area is 343 Å². The summed E-state index contributed by atoms with van der Waals surface area (Å²) in [5.41, 5.74) is 22.9. The third-order valence-corrected chi connectivity index (χ3v) is 12.0. The number of amidine groups is 1. The summed E-state index contributed by atoms with van der Waals surface area (Å²) in [6, 6.07) is 51.8. The fourth-order valence-corrected chi connectivity index (χ4v) is 8.92. The lowest BCUT2D eigenvalue weighted by atomic mass is 9.67. The molecule has 2 atom stereocenters. The van der Waals surface area contributed by atoms with Gasteiger partial charge in [-0.05, 0) is 113 Å². The summed E-state index contributed by atoms with van der Waals surface area (Å²) in [6.07, 6.45) is 20.2. The van der Waals surface area contributed by atoms with Gasteiger partial charge in [0.05, 0.1) is 11.5 Å². The maximum Gasteiger partial charge on any atom is 0.154 e. The first-order valence-corrected chi connectivity index (χ1v) is 20.6. The molecular weight excluding hydrogens is 703 g/mol. The van der Waals surface area contributed by atoms with Gasteiger partial charge in [-0.3, -0.25) is 4.99 Å². The third-order valence-electron chi connectivity index (χ3n) is 12.0. The topological polar surface area (TPSA) is 50.7 Å². The Morgan fingerprint density at radius 1 is 0.672 bits per heavy atom. The highest BCUT2D eigenvalue weighted by atomic mass is 15.0. The first-order chi connectivity index (χ1) is 28.5.